The Balaban J connectivity index is 3.51. The molecule has 0 fully saturated rings. The molecular formula is C62H121NO6. The van der Waals surface area contributed by atoms with E-state index in [9.17, 15) is 24.9 Å². The minimum absolute atomic E-state index is 0.0888. The molecule has 0 saturated carbocycles. The van der Waals surface area contributed by atoms with Crippen LogP contribution >= 0.6 is 0 Å². The molecule has 0 heterocycles. The molecular weight excluding hydrogens is 855 g/mol. The summed E-state index contributed by atoms with van der Waals surface area (Å²) < 4.78 is 74.6. The second-order valence-corrected chi connectivity index (χ2v) is 20.6. The molecule has 0 unspecified atom stereocenters. The van der Waals surface area contributed by atoms with E-state index in [-0.39, 0.29) is 24.9 Å². The van der Waals surface area contributed by atoms with Gasteiger partial charge in [-0.3, -0.25) is 9.59 Å². The number of nitrogens with one attached hydrogen (secondary N) is 1. The molecule has 7 heteroatoms. The minimum Gasteiger partial charge on any atom is -0.466 e. The molecule has 0 spiro atoms. The molecule has 1 amide bonds. The van der Waals surface area contributed by atoms with Crippen LogP contribution in [0.1, 0.15) is 353 Å². The van der Waals surface area contributed by atoms with Gasteiger partial charge in [-0.25, -0.2) is 0 Å². The second kappa shape index (κ2) is 57.5. The lowest BCUT2D eigenvalue weighted by molar-refractivity contribution is -0.143. The van der Waals surface area contributed by atoms with E-state index in [2.05, 4.69) is 18.3 Å². The highest BCUT2D eigenvalue weighted by atomic mass is 16.5. The van der Waals surface area contributed by atoms with E-state index >= 15 is 0 Å². The Morgan fingerprint density at radius 2 is 0.870 bits per heavy atom. The Labute approximate surface area is 442 Å². The maximum Gasteiger partial charge on any atom is 0.305 e. The Morgan fingerprint density at radius 3 is 1.30 bits per heavy atom. The van der Waals surface area contributed by atoms with Crippen LogP contribution in [0.25, 0.3) is 0 Å². The zero-order valence-electron chi connectivity index (χ0n) is 54.3. The van der Waals surface area contributed by atoms with Gasteiger partial charge in [0.2, 0.25) is 5.91 Å². The fourth-order valence-corrected chi connectivity index (χ4v) is 9.39. The van der Waals surface area contributed by atoms with Crippen LogP contribution in [0.3, 0.4) is 0 Å². The molecule has 4 N–H and O–H groups in total. The van der Waals surface area contributed by atoms with Gasteiger partial charge in [-0.05, 0) is 51.4 Å². The normalized spacial score (nSPS) is 15.8. The van der Waals surface area contributed by atoms with Crippen molar-refractivity contribution in [1.82, 2.24) is 5.32 Å². The number of aliphatic hydroxyl groups excluding tert-OH is 3. The van der Waals surface area contributed by atoms with E-state index in [1.54, 1.807) is 0 Å². The lowest BCUT2D eigenvalue weighted by atomic mass is 9.99. The summed E-state index contributed by atoms with van der Waals surface area (Å²) in [6.07, 6.45) is 45.4. The predicted molar refractivity (Wildman–Crippen MR) is 298 cm³/mol. The fourth-order valence-electron chi connectivity index (χ4n) is 9.39. The molecule has 0 aromatic rings. The second-order valence-electron chi connectivity index (χ2n) is 20.6. The molecule has 7 nitrogen and oxygen atoms in total. The van der Waals surface area contributed by atoms with Crippen molar-refractivity contribution in [2.45, 2.75) is 359 Å². The summed E-state index contributed by atoms with van der Waals surface area (Å²) in [6, 6.07) is -0.827. The number of carbonyl (C=O) groups excluding carboxylic acids is 2. The van der Waals surface area contributed by atoms with Crippen molar-refractivity contribution < 1.29 is 42.0 Å². The topological polar surface area (TPSA) is 116 Å². The van der Waals surface area contributed by atoms with E-state index in [1.807, 2.05) is 6.08 Å². The van der Waals surface area contributed by atoms with Crippen LogP contribution in [-0.2, 0) is 14.3 Å². The summed E-state index contributed by atoms with van der Waals surface area (Å²) >= 11 is 0. The third-order valence-electron chi connectivity index (χ3n) is 14.0. The van der Waals surface area contributed by atoms with E-state index in [0.717, 1.165) is 89.9 Å². The summed E-state index contributed by atoms with van der Waals surface area (Å²) in [5.41, 5.74) is 0. The monoisotopic (exact) mass is 985 g/mol. The highest BCUT2D eigenvalue weighted by Gasteiger charge is 2.26. The average molecular weight is 986 g/mol. The van der Waals surface area contributed by atoms with Gasteiger partial charge in [0.15, 0.2) is 0 Å². The van der Waals surface area contributed by atoms with Crippen LogP contribution in [0, 0.1) is 0 Å². The SMILES string of the molecule is [2H]C([2H])([2H])C([2H])([2H])C([2H])([2H])C([2H])([2H])CCCC/C=C/CCCCCCCC(=O)OCCCCCCCCCCCCCCCCCCCCCCCCCC(=O)N[C@@H](CO)[C@H](O)[C@H](O)CCCCCCCCCCCCCC. The molecule has 0 aliphatic rings. The van der Waals surface area contributed by atoms with E-state index < -0.39 is 44.2 Å². The maximum absolute atomic E-state index is 12.5. The van der Waals surface area contributed by atoms with Crippen molar-refractivity contribution >= 4 is 11.9 Å². The highest BCUT2D eigenvalue weighted by Crippen LogP contribution is 2.18. The van der Waals surface area contributed by atoms with Crippen molar-refractivity contribution in [2.75, 3.05) is 13.2 Å². The van der Waals surface area contributed by atoms with Crippen molar-refractivity contribution in [3.8, 4) is 0 Å². The van der Waals surface area contributed by atoms with Gasteiger partial charge in [0.25, 0.3) is 0 Å². The summed E-state index contributed by atoms with van der Waals surface area (Å²) in [4.78, 5) is 24.6. The third-order valence-corrected chi connectivity index (χ3v) is 14.0. The molecule has 0 bridgehead atoms. The minimum atomic E-state index is -3.29. The zero-order chi connectivity index (χ0) is 58.1. The zero-order valence-corrected chi connectivity index (χ0v) is 45.3. The molecule has 0 aliphatic heterocycles. The molecule has 0 aliphatic carbocycles. The number of hydrogen-bond acceptors (Lipinski definition) is 6. The Kier molecular flexibility index (Phi) is 43.7. The van der Waals surface area contributed by atoms with Crippen LogP contribution in [0.4, 0.5) is 0 Å². The number of hydrogen-bond donors (Lipinski definition) is 4. The largest absolute Gasteiger partial charge is 0.466 e. The van der Waals surface area contributed by atoms with Gasteiger partial charge in [0.05, 0.1) is 25.4 Å². The maximum atomic E-state index is 12.5. The van der Waals surface area contributed by atoms with Crippen molar-refractivity contribution in [2.24, 2.45) is 0 Å². The van der Waals surface area contributed by atoms with Crippen molar-refractivity contribution in [3.63, 3.8) is 0 Å². The third kappa shape index (κ3) is 52.7. The van der Waals surface area contributed by atoms with Crippen LogP contribution in [-0.4, -0.2) is 58.7 Å². The van der Waals surface area contributed by atoms with Gasteiger partial charge in [-0.2, -0.15) is 0 Å². The highest BCUT2D eigenvalue weighted by molar-refractivity contribution is 5.76. The summed E-state index contributed by atoms with van der Waals surface area (Å²) in [5, 5.41) is 33.6. The fraction of sp³-hybridized carbons (Fsp3) is 0.935. The molecule has 0 aromatic carbocycles. The van der Waals surface area contributed by atoms with Crippen molar-refractivity contribution in [1.29, 1.82) is 0 Å². The number of unbranched alkanes of at least 4 members (excludes halogenated alkanes) is 40. The number of amides is 1. The van der Waals surface area contributed by atoms with Gasteiger partial charge in [-0.15, -0.1) is 0 Å². The Bertz CT molecular complexity index is 1400. The molecule has 410 valence electrons. The average Bonchev–Trinajstić information content (AvgIpc) is 3.45. The predicted octanol–water partition coefficient (Wildman–Crippen LogP) is 18.2. The number of aliphatic hydroxyl groups is 3. The lowest BCUT2D eigenvalue weighted by Crippen LogP contribution is -2.50. The Morgan fingerprint density at radius 1 is 0.493 bits per heavy atom. The summed E-state index contributed by atoms with van der Waals surface area (Å²) in [5.74, 6) is -0.250. The van der Waals surface area contributed by atoms with Gasteiger partial charge in [0, 0.05) is 25.2 Å². The number of rotatable bonds is 58. The smallest absolute Gasteiger partial charge is 0.305 e. The number of esters is 1. The first-order valence-electron chi connectivity index (χ1n) is 34.4. The number of ether oxygens (including phenoxy) is 1. The summed E-state index contributed by atoms with van der Waals surface area (Å²) in [7, 11) is 0. The first-order chi connectivity index (χ1) is 37.4. The van der Waals surface area contributed by atoms with Crippen LogP contribution in [0.15, 0.2) is 12.2 Å². The van der Waals surface area contributed by atoms with Gasteiger partial charge in [0.1, 0.15) is 6.10 Å². The lowest BCUT2D eigenvalue weighted by Gasteiger charge is -2.26. The number of carbonyl (C=O) groups is 2. The molecule has 0 aromatic heterocycles. The van der Waals surface area contributed by atoms with E-state index in [4.69, 9.17) is 17.1 Å². The first kappa shape index (κ1) is 52.4. The molecule has 0 rings (SSSR count). The van der Waals surface area contributed by atoms with E-state index in [0.29, 0.717) is 45.1 Å². The van der Waals surface area contributed by atoms with Crippen LogP contribution in [0.5, 0.6) is 0 Å². The first-order valence-corrected chi connectivity index (χ1v) is 29.9. The van der Waals surface area contributed by atoms with Gasteiger partial charge < -0.3 is 25.4 Å². The number of allylic oxidation sites excluding steroid dienone is 2. The molecule has 0 radical (unpaired) electrons. The standard InChI is InChI=1S/C62H121NO6/c1-3-5-7-9-11-13-15-17-27-31-35-39-43-47-51-55-61(67)69-56-52-48-44-40-36-32-29-26-24-22-20-18-19-21-23-25-28-30-34-38-42-46-50-54-60(66)63-58(57-64)62(68)59(65)53-49-45-41-37-33-16-14-12-10-8-6-4-2/h17,27,58-59,62,64-65,68H,3-16,18-26,28-57H2,1-2H3,(H,63,66)/b27-17+/t58-,59+,62-/m0/s1/i1D3,3D2,5D2,7D2. The van der Waals surface area contributed by atoms with E-state index in [1.165, 1.54) is 173 Å². The van der Waals surface area contributed by atoms with Gasteiger partial charge >= 0.3 is 5.97 Å². The summed E-state index contributed by atoms with van der Waals surface area (Å²) in [6.45, 7) is -0.860. The molecule has 69 heavy (non-hydrogen) atoms. The van der Waals surface area contributed by atoms with Crippen LogP contribution < -0.4 is 5.32 Å². The molecule has 0 saturated heterocycles. The van der Waals surface area contributed by atoms with Crippen LogP contribution in [0.2, 0.25) is 0 Å². The molecule has 3 atom stereocenters. The van der Waals surface area contributed by atoms with Crippen molar-refractivity contribution in [3.05, 3.63) is 12.2 Å². The quantitative estimate of drug-likeness (QED) is 0.0274. The van der Waals surface area contributed by atoms with Gasteiger partial charge in [-0.1, -0.05) is 289 Å². The Hall–Kier alpha value is -1.44.